The molecule has 6 heteroatoms. The number of hydrogen-bond acceptors (Lipinski definition) is 5. The summed E-state index contributed by atoms with van der Waals surface area (Å²) >= 11 is 0. The number of unbranched alkanes of at least 4 members (excludes halogenated alkanes) is 5. The van der Waals surface area contributed by atoms with E-state index in [2.05, 4.69) is 12.2 Å². The molecule has 0 saturated carbocycles. The van der Waals surface area contributed by atoms with Crippen molar-refractivity contribution < 1.29 is 24.9 Å². The molecule has 0 aromatic heterocycles. The Labute approximate surface area is 162 Å². The average Bonchev–Trinajstić information content (AvgIpc) is 2.67. The highest BCUT2D eigenvalue weighted by molar-refractivity contribution is 5.76. The fourth-order valence-electron chi connectivity index (χ4n) is 2.74. The van der Waals surface area contributed by atoms with Crippen molar-refractivity contribution in [3.8, 4) is 0 Å². The minimum atomic E-state index is -1.43. The lowest BCUT2D eigenvalue weighted by Crippen LogP contribution is -2.42. The summed E-state index contributed by atoms with van der Waals surface area (Å²) in [6, 6.07) is 9.46. The van der Waals surface area contributed by atoms with Crippen molar-refractivity contribution in [3.05, 3.63) is 35.9 Å². The molecule has 27 heavy (non-hydrogen) atoms. The van der Waals surface area contributed by atoms with Crippen molar-refractivity contribution >= 4 is 5.91 Å². The molecule has 0 radical (unpaired) electrons. The summed E-state index contributed by atoms with van der Waals surface area (Å²) < 4.78 is 5.36. The van der Waals surface area contributed by atoms with Crippen LogP contribution in [0, 0.1) is 0 Å². The van der Waals surface area contributed by atoms with Gasteiger partial charge in [0.05, 0.1) is 25.7 Å². The van der Waals surface area contributed by atoms with Gasteiger partial charge in [0.25, 0.3) is 0 Å². The van der Waals surface area contributed by atoms with Crippen LogP contribution in [0.1, 0.15) is 57.4 Å². The molecule has 3 atom stereocenters. The summed E-state index contributed by atoms with van der Waals surface area (Å²) in [4.78, 5) is 11.8. The van der Waals surface area contributed by atoms with Crippen molar-refractivity contribution in [3.63, 3.8) is 0 Å². The van der Waals surface area contributed by atoms with Gasteiger partial charge in [-0.15, -0.1) is 0 Å². The number of aliphatic hydroxyl groups excluding tert-OH is 3. The Morgan fingerprint density at radius 3 is 2.37 bits per heavy atom. The van der Waals surface area contributed by atoms with Crippen molar-refractivity contribution in [2.75, 3.05) is 13.2 Å². The number of benzene rings is 1. The molecule has 0 aliphatic rings. The van der Waals surface area contributed by atoms with Gasteiger partial charge in [0.1, 0.15) is 12.2 Å². The van der Waals surface area contributed by atoms with Crippen LogP contribution in [-0.4, -0.2) is 52.7 Å². The largest absolute Gasteiger partial charge is 0.390 e. The van der Waals surface area contributed by atoms with E-state index in [-0.39, 0.29) is 18.9 Å². The molecule has 0 aliphatic carbocycles. The summed E-state index contributed by atoms with van der Waals surface area (Å²) in [5.41, 5.74) is 0.953. The summed E-state index contributed by atoms with van der Waals surface area (Å²) in [6.45, 7) is 2.93. The first-order valence-corrected chi connectivity index (χ1v) is 9.97. The molecular weight excluding hydrogens is 346 g/mol. The SMILES string of the molecule is CCCCCCCCNC(=O)CC(O)C(O)C(O)COCc1ccccc1. The van der Waals surface area contributed by atoms with Crippen LogP contribution in [0.2, 0.25) is 0 Å². The van der Waals surface area contributed by atoms with Crippen LogP contribution in [-0.2, 0) is 16.1 Å². The molecule has 0 heterocycles. The third kappa shape index (κ3) is 11.1. The quantitative estimate of drug-likeness (QED) is 0.349. The highest BCUT2D eigenvalue weighted by Gasteiger charge is 2.26. The lowest BCUT2D eigenvalue weighted by Gasteiger charge is -2.22. The first-order valence-electron chi connectivity index (χ1n) is 9.97. The number of amides is 1. The summed E-state index contributed by atoms with van der Waals surface area (Å²) in [5, 5.41) is 32.6. The summed E-state index contributed by atoms with van der Waals surface area (Å²) in [7, 11) is 0. The van der Waals surface area contributed by atoms with E-state index in [4.69, 9.17) is 4.74 Å². The van der Waals surface area contributed by atoms with Gasteiger partial charge in [-0.25, -0.2) is 0 Å². The van der Waals surface area contributed by atoms with Crippen LogP contribution >= 0.6 is 0 Å². The van der Waals surface area contributed by atoms with E-state index in [1.54, 1.807) is 0 Å². The second kappa shape index (κ2) is 14.6. The van der Waals surface area contributed by atoms with Gasteiger partial charge in [0.15, 0.2) is 0 Å². The Kier molecular flexibility index (Phi) is 12.7. The number of nitrogens with one attached hydrogen (secondary N) is 1. The molecule has 1 aromatic carbocycles. The first-order chi connectivity index (χ1) is 13.0. The third-order valence-corrected chi connectivity index (χ3v) is 4.44. The van der Waals surface area contributed by atoms with Crippen LogP contribution in [0.15, 0.2) is 30.3 Å². The van der Waals surface area contributed by atoms with Gasteiger partial charge in [0, 0.05) is 6.54 Å². The third-order valence-electron chi connectivity index (χ3n) is 4.44. The highest BCUT2D eigenvalue weighted by Crippen LogP contribution is 2.08. The van der Waals surface area contributed by atoms with Gasteiger partial charge in [-0.05, 0) is 12.0 Å². The Morgan fingerprint density at radius 1 is 1.00 bits per heavy atom. The molecule has 6 nitrogen and oxygen atoms in total. The van der Waals surface area contributed by atoms with Crippen molar-refractivity contribution in [2.45, 2.75) is 76.8 Å². The molecule has 154 valence electrons. The van der Waals surface area contributed by atoms with E-state index in [0.29, 0.717) is 13.2 Å². The molecule has 0 fully saturated rings. The fraction of sp³-hybridized carbons (Fsp3) is 0.667. The molecular formula is C21H35NO5. The Bertz CT molecular complexity index is 497. The molecule has 0 bridgehead atoms. The second-order valence-electron chi connectivity index (χ2n) is 6.95. The molecule has 0 saturated heterocycles. The molecule has 1 amide bonds. The van der Waals surface area contributed by atoms with Gasteiger partial charge in [-0.1, -0.05) is 69.4 Å². The Balaban J connectivity index is 2.14. The van der Waals surface area contributed by atoms with Gasteiger partial charge < -0.3 is 25.4 Å². The lowest BCUT2D eigenvalue weighted by molar-refractivity contribution is -0.129. The zero-order valence-electron chi connectivity index (χ0n) is 16.3. The number of hydrogen-bond donors (Lipinski definition) is 4. The van der Waals surface area contributed by atoms with Crippen LogP contribution in [0.4, 0.5) is 0 Å². The van der Waals surface area contributed by atoms with Crippen molar-refractivity contribution in [1.82, 2.24) is 5.32 Å². The fourth-order valence-corrected chi connectivity index (χ4v) is 2.74. The first kappa shape index (κ1) is 23.6. The second-order valence-corrected chi connectivity index (χ2v) is 6.95. The van der Waals surface area contributed by atoms with Gasteiger partial charge >= 0.3 is 0 Å². The normalized spacial score (nSPS) is 14.5. The topological polar surface area (TPSA) is 99.0 Å². The van der Waals surface area contributed by atoms with E-state index in [1.807, 2.05) is 30.3 Å². The zero-order valence-corrected chi connectivity index (χ0v) is 16.3. The van der Waals surface area contributed by atoms with Gasteiger partial charge in [-0.3, -0.25) is 4.79 Å². The number of aliphatic hydroxyl groups is 3. The maximum atomic E-state index is 11.8. The van der Waals surface area contributed by atoms with E-state index >= 15 is 0 Å². The van der Waals surface area contributed by atoms with Crippen LogP contribution < -0.4 is 5.32 Å². The molecule has 4 N–H and O–H groups in total. The van der Waals surface area contributed by atoms with Crippen molar-refractivity contribution in [2.24, 2.45) is 0 Å². The maximum absolute atomic E-state index is 11.8. The van der Waals surface area contributed by atoms with Gasteiger partial charge in [0.2, 0.25) is 5.91 Å². The van der Waals surface area contributed by atoms with Crippen LogP contribution in [0.25, 0.3) is 0 Å². The number of ether oxygens (including phenoxy) is 1. The predicted molar refractivity (Wildman–Crippen MR) is 105 cm³/mol. The van der Waals surface area contributed by atoms with E-state index < -0.39 is 18.3 Å². The standard InChI is InChI=1S/C21H35NO5/c1-2-3-4-5-6-10-13-22-20(25)14-18(23)21(26)19(24)16-27-15-17-11-8-7-9-12-17/h7-9,11-12,18-19,21,23-24,26H,2-6,10,13-16H2,1H3,(H,22,25). The highest BCUT2D eigenvalue weighted by atomic mass is 16.5. The average molecular weight is 382 g/mol. The Hall–Kier alpha value is -1.47. The molecule has 0 spiro atoms. The maximum Gasteiger partial charge on any atom is 0.222 e. The summed E-state index contributed by atoms with van der Waals surface area (Å²) in [6.07, 6.45) is 2.56. The smallest absolute Gasteiger partial charge is 0.222 e. The predicted octanol–water partition coefficient (Wildman–Crippen LogP) is 2.15. The lowest BCUT2D eigenvalue weighted by atomic mass is 10.1. The van der Waals surface area contributed by atoms with Crippen LogP contribution in [0.3, 0.4) is 0 Å². The minimum absolute atomic E-state index is 0.119. The number of carbonyl (C=O) groups is 1. The molecule has 3 unspecified atom stereocenters. The molecule has 1 rings (SSSR count). The Morgan fingerprint density at radius 2 is 1.67 bits per heavy atom. The number of rotatable bonds is 15. The zero-order chi connectivity index (χ0) is 19.9. The summed E-state index contributed by atoms with van der Waals surface area (Å²) in [5.74, 6) is -0.326. The van der Waals surface area contributed by atoms with Gasteiger partial charge in [-0.2, -0.15) is 0 Å². The van der Waals surface area contributed by atoms with Crippen LogP contribution in [0.5, 0.6) is 0 Å². The number of carbonyl (C=O) groups excluding carboxylic acids is 1. The van der Waals surface area contributed by atoms with E-state index in [0.717, 1.165) is 18.4 Å². The van der Waals surface area contributed by atoms with E-state index in [1.165, 1.54) is 25.7 Å². The molecule has 0 aliphatic heterocycles. The monoisotopic (exact) mass is 381 g/mol. The minimum Gasteiger partial charge on any atom is -0.390 e. The van der Waals surface area contributed by atoms with Crippen molar-refractivity contribution in [1.29, 1.82) is 0 Å². The molecule has 1 aromatic rings. The van der Waals surface area contributed by atoms with E-state index in [9.17, 15) is 20.1 Å².